The monoisotopic (exact) mass is 254 g/mol. The van der Waals surface area contributed by atoms with Crippen molar-refractivity contribution in [2.24, 2.45) is 11.3 Å². The van der Waals surface area contributed by atoms with Gasteiger partial charge in [-0.2, -0.15) is 0 Å². The van der Waals surface area contributed by atoms with E-state index in [4.69, 9.17) is 9.47 Å². The molecule has 1 saturated carbocycles. The van der Waals surface area contributed by atoms with Gasteiger partial charge in [0.25, 0.3) is 0 Å². The Kier molecular flexibility index (Phi) is 3.76. The Labute approximate surface area is 108 Å². The van der Waals surface area contributed by atoms with E-state index < -0.39 is 5.41 Å². The summed E-state index contributed by atoms with van der Waals surface area (Å²) in [5.74, 6) is 0.164. The Morgan fingerprint density at radius 1 is 1.44 bits per heavy atom. The Morgan fingerprint density at radius 3 is 2.83 bits per heavy atom. The molecule has 0 aromatic rings. The van der Waals surface area contributed by atoms with E-state index in [-0.39, 0.29) is 36.5 Å². The maximum absolute atomic E-state index is 12.0. The fourth-order valence-electron chi connectivity index (χ4n) is 2.45. The number of hydrogen-bond acceptors (Lipinski definition) is 4. The highest BCUT2D eigenvalue weighted by Gasteiger charge is 2.41. The molecule has 2 fully saturated rings. The number of carbonyl (C=O) groups excluding carboxylic acids is 2. The summed E-state index contributed by atoms with van der Waals surface area (Å²) in [6.07, 6.45) is 2.77. The Balaban J connectivity index is 1.95. The number of hydrogen-bond donors (Lipinski definition) is 0. The fraction of sp³-hybridized carbons (Fsp3) is 0.857. The highest BCUT2D eigenvalue weighted by atomic mass is 16.6. The van der Waals surface area contributed by atoms with E-state index in [1.807, 2.05) is 20.8 Å². The molecule has 4 heteroatoms. The Morgan fingerprint density at radius 2 is 2.17 bits per heavy atom. The summed E-state index contributed by atoms with van der Waals surface area (Å²) < 4.78 is 11.1. The molecule has 1 saturated heterocycles. The molecule has 0 aromatic heterocycles. The van der Waals surface area contributed by atoms with Crippen LogP contribution in [0.4, 0.5) is 0 Å². The molecule has 0 radical (unpaired) electrons. The summed E-state index contributed by atoms with van der Waals surface area (Å²) in [5.41, 5.74) is -0.443. The SMILES string of the molecule is CCC(C)(C)C(=O)OC1CCC2CC1OCC2=O. The van der Waals surface area contributed by atoms with E-state index in [2.05, 4.69) is 0 Å². The average Bonchev–Trinajstić information content (AvgIpc) is 2.36. The van der Waals surface area contributed by atoms with Gasteiger partial charge in [-0.25, -0.2) is 0 Å². The van der Waals surface area contributed by atoms with Crippen LogP contribution in [0.3, 0.4) is 0 Å². The number of ether oxygens (including phenoxy) is 2. The molecule has 0 spiro atoms. The van der Waals surface area contributed by atoms with Crippen LogP contribution in [0.5, 0.6) is 0 Å². The molecule has 1 aliphatic heterocycles. The minimum absolute atomic E-state index is 0.0851. The predicted octanol–water partition coefficient (Wildman–Crippen LogP) is 2.10. The summed E-state index contributed by atoms with van der Waals surface area (Å²) in [6.45, 7) is 5.95. The average molecular weight is 254 g/mol. The van der Waals surface area contributed by atoms with Crippen molar-refractivity contribution in [3.8, 4) is 0 Å². The lowest BCUT2D eigenvalue weighted by molar-refractivity contribution is -0.180. The van der Waals surface area contributed by atoms with Crippen molar-refractivity contribution < 1.29 is 19.1 Å². The molecule has 2 aliphatic rings. The van der Waals surface area contributed by atoms with Gasteiger partial charge in [-0.1, -0.05) is 6.92 Å². The number of rotatable bonds is 3. The van der Waals surface area contributed by atoms with Gasteiger partial charge in [-0.15, -0.1) is 0 Å². The lowest BCUT2D eigenvalue weighted by Crippen LogP contribution is -2.47. The Hall–Kier alpha value is -0.900. The number of carbonyl (C=O) groups is 2. The van der Waals surface area contributed by atoms with Crippen LogP contribution < -0.4 is 0 Å². The first-order valence-electron chi connectivity index (χ1n) is 6.79. The lowest BCUT2D eigenvalue weighted by atomic mass is 9.80. The van der Waals surface area contributed by atoms with Crippen LogP contribution >= 0.6 is 0 Å². The second-order valence-corrected chi connectivity index (χ2v) is 6.01. The molecule has 0 N–H and O–H groups in total. The van der Waals surface area contributed by atoms with E-state index in [0.29, 0.717) is 6.42 Å². The molecule has 1 heterocycles. The van der Waals surface area contributed by atoms with Gasteiger partial charge in [-0.05, 0) is 39.5 Å². The van der Waals surface area contributed by atoms with Crippen molar-refractivity contribution in [3.05, 3.63) is 0 Å². The first-order chi connectivity index (χ1) is 8.44. The number of Topliss-reactive ketones (excluding diaryl/α,β-unsaturated/α-hetero) is 1. The van der Waals surface area contributed by atoms with Gasteiger partial charge in [0.1, 0.15) is 12.7 Å². The van der Waals surface area contributed by atoms with Crippen molar-refractivity contribution in [1.29, 1.82) is 0 Å². The van der Waals surface area contributed by atoms with Crippen LogP contribution in [0.1, 0.15) is 46.5 Å². The molecular weight excluding hydrogens is 232 g/mol. The number of ketones is 1. The zero-order valence-corrected chi connectivity index (χ0v) is 11.4. The zero-order valence-electron chi connectivity index (χ0n) is 11.4. The van der Waals surface area contributed by atoms with Crippen LogP contribution in [0, 0.1) is 11.3 Å². The smallest absolute Gasteiger partial charge is 0.311 e. The molecule has 3 unspecified atom stereocenters. The first-order valence-corrected chi connectivity index (χ1v) is 6.79. The third-order valence-electron chi connectivity index (χ3n) is 4.32. The fourth-order valence-corrected chi connectivity index (χ4v) is 2.45. The maximum Gasteiger partial charge on any atom is 0.311 e. The summed E-state index contributed by atoms with van der Waals surface area (Å²) in [5, 5.41) is 0. The molecule has 18 heavy (non-hydrogen) atoms. The lowest BCUT2D eigenvalue weighted by Gasteiger charge is -2.39. The third kappa shape index (κ3) is 2.58. The van der Waals surface area contributed by atoms with Crippen LogP contribution in [0.2, 0.25) is 0 Å². The summed E-state index contributed by atoms with van der Waals surface area (Å²) in [7, 11) is 0. The highest BCUT2D eigenvalue weighted by molar-refractivity contribution is 5.83. The quantitative estimate of drug-likeness (QED) is 0.724. The van der Waals surface area contributed by atoms with Crippen molar-refractivity contribution in [2.75, 3.05) is 6.61 Å². The van der Waals surface area contributed by atoms with Crippen LogP contribution in [0.15, 0.2) is 0 Å². The standard InChI is InChI=1S/C14H22O4/c1-4-14(2,3)13(16)18-11-6-5-9-7-12(11)17-8-10(9)15/h9,11-12H,4-8H2,1-3H3. The molecule has 0 aromatic carbocycles. The Bertz CT molecular complexity index is 348. The van der Waals surface area contributed by atoms with Gasteiger partial charge in [-0.3, -0.25) is 9.59 Å². The minimum Gasteiger partial charge on any atom is -0.459 e. The highest BCUT2D eigenvalue weighted by Crippen LogP contribution is 2.34. The van der Waals surface area contributed by atoms with Crippen LogP contribution in [-0.4, -0.2) is 30.6 Å². The van der Waals surface area contributed by atoms with Crippen molar-refractivity contribution in [3.63, 3.8) is 0 Å². The third-order valence-corrected chi connectivity index (χ3v) is 4.32. The number of fused-ring (bicyclic) bond motifs is 2. The van der Waals surface area contributed by atoms with Gasteiger partial charge >= 0.3 is 5.97 Å². The van der Waals surface area contributed by atoms with Crippen molar-refractivity contribution in [2.45, 2.75) is 58.7 Å². The van der Waals surface area contributed by atoms with Crippen LogP contribution in [0.25, 0.3) is 0 Å². The van der Waals surface area contributed by atoms with E-state index in [1.165, 1.54) is 0 Å². The molecule has 1 aliphatic carbocycles. The predicted molar refractivity (Wildman–Crippen MR) is 66.0 cm³/mol. The normalized spacial score (nSPS) is 32.2. The van der Waals surface area contributed by atoms with E-state index in [9.17, 15) is 9.59 Å². The van der Waals surface area contributed by atoms with Gasteiger partial charge in [0.15, 0.2) is 5.78 Å². The largest absolute Gasteiger partial charge is 0.459 e. The van der Waals surface area contributed by atoms with Crippen LogP contribution in [-0.2, 0) is 19.1 Å². The summed E-state index contributed by atoms with van der Waals surface area (Å²) in [4.78, 5) is 23.6. The molecule has 2 bridgehead atoms. The molecule has 0 amide bonds. The molecule has 3 atom stereocenters. The first kappa shape index (κ1) is 13.5. The summed E-state index contributed by atoms with van der Waals surface area (Å²) in [6, 6.07) is 0. The van der Waals surface area contributed by atoms with E-state index >= 15 is 0 Å². The van der Waals surface area contributed by atoms with Crippen molar-refractivity contribution >= 4 is 11.8 Å². The topological polar surface area (TPSA) is 52.6 Å². The van der Waals surface area contributed by atoms with Gasteiger partial charge in [0, 0.05) is 5.92 Å². The van der Waals surface area contributed by atoms with Crippen molar-refractivity contribution in [1.82, 2.24) is 0 Å². The van der Waals surface area contributed by atoms with Gasteiger partial charge in [0.2, 0.25) is 0 Å². The molecule has 4 nitrogen and oxygen atoms in total. The molecule has 102 valence electrons. The minimum atomic E-state index is -0.443. The van der Waals surface area contributed by atoms with Gasteiger partial charge < -0.3 is 9.47 Å². The summed E-state index contributed by atoms with van der Waals surface area (Å²) >= 11 is 0. The van der Waals surface area contributed by atoms with Gasteiger partial charge in [0.05, 0.1) is 11.5 Å². The van der Waals surface area contributed by atoms with E-state index in [1.54, 1.807) is 0 Å². The second-order valence-electron chi connectivity index (χ2n) is 6.01. The zero-order chi connectivity index (χ0) is 13.3. The second kappa shape index (κ2) is 5.00. The maximum atomic E-state index is 12.0. The molecule has 2 rings (SSSR count). The number of esters is 1. The molecular formula is C14H22O4. The van der Waals surface area contributed by atoms with E-state index in [0.717, 1.165) is 19.3 Å².